The Morgan fingerprint density at radius 3 is 2.83 bits per heavy atom. The minimum absolute atomic E-state index is 0.295. The summed E-state index contributed by atoms with van der Waals surface area (Å²) in [6.07, 6.45) is 0. The maximum atomic E-state index is 12.0. The van der Waals surface area contributed by atoms with Crippen molar-refractivity contribution >= 4 is 11.7 Å². The molecule has 23 heavy (non-hydrogen) atoms. The van der Waals surface area contributed by atoms with E-state index in [1.807, 2.05) is 37.3 Å². The van der Waals surface area contributed by atoms with E-state index in [1.54, 1.807) is 18.2 Å². The third-order valence-electron chi connectivity index (χ3n) is 3.24. The third kappa shape index (κ3) is 5.13. The van der Waals surface area contributed by atoms with Crippen LogP contribution in [0.25, 0.3) is 0 Å². The predicted octanol–water partition coefficient (Wildman–Crippen LogP) is 3.42. The number of carbonyl (C=O) groups is 1. The molecule has 0 atom stereocenters. The van der Waals surface area contributed by atoms with Crippen LogP contribution in [0, 0.1) is 11.3 Å². The average molecular weight is 309 g/mol. The van der Waals surface area contributed by atoms with Gasteiger partial charge in [-0.25, -0.2) is 4.79 Å². The molecule has 0 fully saturated rings. The molecule has 2 rings (SSSR count). The van der Waals surface area contributed by atoms with Gasteiger partial charge in [-0.1, -0.05) is 30.3 Å². The van der Waals surface area contributed by atoms with Crippen LogP contribution in [0.15, 0.2) is 48.5 Å². The van der Waals surface area contributed by atoms with Crippen LogP contribution >= 0.6 is 0 Å². The van der Waals surface area contributed by atoms with Gasteiger partial charge < -0.3 is 15.4 Å². The van der Waals surface area contributed by atoms with Crippen LogP contribution in [0.5, 0.6) is 0 Å². The van der Waals surface area contributed by atoms with Crippen molar-refractivity contribution in [3.8, 4) is 6.07 Å². The van der Waals surface area contributed by atoms with Gasteiger partial charge in [0.05, 0.1) is 18.2 Å². The molecule has 0 aliphatic rings. The number of hydrogen-bond acceptors (Lipinski definition) is 3. The SMILES string of the molecule is CCOCc1ccccc1NC(=O)NCc1cccc(C#N)c1. The Kier molecular flexibility index (Phi) is 6.16. The Morgan fingerprint density at radius 2 is 2.04 bits per heavy atom. The number of nitrogens with zero attached hydrogens (tertiary/aromatic N) is 1. The van der Waals surface area contributed by atoms with Crippen molar-refractivity contribution in [2.45, 2.75) is 20.1 Å². The van der Waals surface area contributed by atoms with Gasteiger partial charge in [-0.15, -0.1) is 0 Å². The van der Waals surface area contributed by atoms with E-state index in [0.29, 0.717) is 25.3 Å². The number of ether oxygens (including phenoxy) is 1. The molecule has 118 valence electrons. The monoisotopic (exact) mass is 309 g/mol. The number of hydrogen-bond donors (Lipinski definition) is 2. The molecule has 0 unspecified atom stereocenters. The first-order valence-corrected chi connectivity index (χ1v) is 7.42. The van der Waals surface area contributed by atoms with Crippen molar-refractivity contribution < 1.29 is 9.53 Å². The highest BCUT2D eigenvalue weighted by Crippen LogP contribution is 2.16. The van der Waals surface area contributed by atoms with Crippen molar-refractivity contribution in [1.82, 2.24) is 5.32 Å². The molecule has 2 aromatic carbocycles. The number of para-hydroxylation sites is 1. The molecule has 0 saturated heterocycles. The molecule has 0 bridgehead atoms. The zero-order chi connectivity index (χ0) is 16.5. The topological polar surface area (TPSA) is 74.2 Å². The van der Waals surface area contributed by atoms with E-state index in [-0.39, 0.29) is 6.03 Å². The molecule has 0 radical (unpaired) electrons. The van der Waals surface area contributed by atoms with Crippen LogP contribution in [0.2, 0.25) is 0 Å². The summed E-state index contributed by atoms with van der Waals surface area (Å²) in [4.78, 5) is 12.0. The zero-order valence-corrected chi connectivity index (χ0v) is 13.0. The Hall–Kier alpha value is -2.84. The molecule has 0 aliphatic carbocycles. The van der Waals surface area contributed by atoms with Gasteiger partial charge in [0.25, 0.3) is 0 Å². The maximum absolute atomic E-state index is 12.0. The molecule has 0 aliphatic heterocycles. The van der Waals surface area contributed by atoms with E-state index in [2.05, 4.69) is 16.7 Å². The number of amides is 2. The fraction of sp³-hybridized carbons (Fsp3) is 0.222. The van der Waals surface area contributed by atoms with E-state index in [4.69, 9.17) is 10.00 Å². The summed E-state index contributed by atoms with van der Waals surface area (Å²) in [5, 5.41) is 14.5. The minimum atomic E-state index is -0.295. The quantitative estimate of drug-likeness (QED) is 0.858. The van der Waals surface area contributed by atoms with E-state index >= 15 is 0 Å². The standard InChI is InChI=1S/C18H19N3O2/c1-2-23-13-16-8-3-4-9-17(16)21-18(22)20-12-15-7-5-6-14(10-15)11-19/h3-10H,2,12-13H2,1H3,(H2,20,21,22). The van der Waals surface area contributed by atoms with Crippen molar-refractivity contribution in [1.29, 1.82) is 5.26 Å². The second-order valence-corrected chi connectivity index (χ2v) is 4.91. The van der Waals surface area contributed by atoms with E-state index in [0.717, 1.165) is 16.8 Å². The lowest BCUT2D eigenvalue weighted by Crippen LogP contribution is -2.28. The van der Waals surface area contributed by atoms with Crippen LogP contribution in [-0.4, -0.2) is 12.6 Å². The van der Waals surface area contributed by atoms with Gasteiger partial charge in [0.15, 0.2) is 0 Å². The van der Waals surface area contributed by atoms with Gasteiger partial charge in [0.1, 0.15) is 0 Å². The molecular weight excluding hydrogens is 290 g/mol. The largest absolute Gasteiger partial charge is 0.377 e. The molecule has 2 N–H and O–H groups in total. The summed E-state index contributed by atoms with van der Waals surface area (Å²) in [6, 6.07) is 16.5. The van der Waals surface area contributed by atoms with Crippen molar-refractivity contribution in [3.63, 3.8) is 0 Å². The Balaban J connectivity index is 1.93. The van der Waals surface area contributed by atoms with Crippen LogP contribution in [0.3, 0.4) is 0 Å². The van der Waals surface area contributed by atoms with Crippen molar-refractivity contribution in [2.75, 3.05) is 11.9 Å². The molecule has 5 heteroatoms. The minimum Gasteiger partial charge on any atom is -0.377 e. The molecule has 5 nitrogen and oxygen atoms in total. The normalized spacial score (nSPS) is 9.91. The summed E-state index contributed by atoms with van der Waals surface area (Å²) in [5.41, 5.74) is 3.11. The molecule has 0 heterocycles. The lowest BCUT2D eigenvalue weighted by atomic mass is 10.1. The van der Waals surface area contributed by atoms with Gasteiger partial charge in [-0.2, -0.15) is 5.26 Å². The predicted molar refractivity (Wildman–Crippen MR) is 88.8 cm³/mol. The first kappa shape index (κ1) is 16.5. The number of rotatable bonds is 6. The van der Waals surface area contributed by atoms with Crippen molar-refractivity contribution in [2.24, 2.45) is 0 Å². The molecule has 0 saturated carbocycles. The Morgan fingerprint density at radius 1 is 1.22 bits per heavy atom. The summed E-state index contributed by atoms with van der Waals surface area (Å²) >= 11 is 0. The summed E-state index contributed by atoms with van der Waals surface area (Å²) in [5.74, 6) is 0. The maximum Gasteiger partial charge on any atom is 0.319 e. The Labute approximate surface area is 135 Å². The van der Waals surface area contributed by atoms with Gasteiger partial charge >= 0.3 is 6.03 Å². The first-order valence-electron chi connectivity index (χ1n) is 7.42. The number of urea groups is 1. The second-order valence-electron chi connectivity index (χ2n) is 4.91. The molecule has 0 spiro atoms. The smallest absolute Gasteiger partial charge is 0.319 e. The molecule has 0 aromatic heterocycles. The number of benzene rings is 2. The van der Waals surface area contributed by atoms with Crippen LogP contribution in [0.1, 0.15) is 23.6 Å². The van der Waals surface area contributed by atoms with Gasteiger partial charge in [-0.3, -0.25) is 0 Å². The van der Waals surface area contributed by atoms with Gasteiger partial charge in [0.2, 0.25) is 0 Å². The summed E-state index contributed by atoms with van der Waals surface area (Å²) < 4.78 is 5.39. The number of anilines is 1. The van der Waals surface area contributed by atoms with Crippen LogP contribution in [0.4, 0.5) is 10.5 Å². The molecule has 2 amide bonds. The van der Waals surface area contributed by atoms with Crippen LogP contribution < -0.4 is 10.6 Å². The first-order chi connectivity index (χ1) is 11.2. The highest BCUT2D eigenvalue weighted by Gasteiger charge is 2.06. The number of nitrogens with one attached hydrogen (secondary N) is 2. The lowest BCUT2D eigenvalue weighted by molar-refractivity contribution is 0.134. The van der Waals surface area contributed by atoms with Crippen LogP contribution in [-0.2, 0) is 17.9 Å². The van der Waals surface area contributed by atoms with E-state index in [9.17, 15) is 4.79 Å². The Bertz CT molecular complexity index is 707. The molecular formula is C18H19N3O2. The molecule has 2 aromatic rings. The fourth-order valence-electron chi connectivity index (χ4n) is 2.08. The zero-order valence-electron chi connectivity index (χ0n) is 13.0. The van der Waals surface area contributed by atoms with Gasteiger partial charge in [0, 0.05) is 24.4 Å². The highest BCUT2D eigenvalue weighted by molar-refractivity contribution is 5.90. The fourth-order valence-corrected chi connectivity index (χ4v) is 2.08. The summed E-state index contributed by atoms with van der Waals surface area (Å²) in [7, 11) is 0. The highest BCUT2D eigenvalue weighted by atomic mass is 16.5. The van der Waals surface area contributed by atoms with E-state index < -0.39 is 0 Å². The summed E-state index contributed by atoms with van der Waals surface area (Å²) in [6.45, 7) is 3.36. The van der Waals surface area contributed by atoms with Crippen molar-refractivity contribution in [3.05, 3.63) is 65.2 Å². The number of nitriles is 1. The number of carbonyl (C=O) groups excluding carboxylic acids is 1. The second kappa shape index (κ2) is 8.57. The third-order valence-corrected chi connectivity index (χ3v) is 3.24. The lowest BCUT2D eigenvalue weighted by Gasteiger charge is -2.12. The van der Waals surface area contributed by atoms with Gasteiger partial charge in [-0.05, 0) is 30.7 Å². The van der Waals surface area contributed by atoms with E-state index in [1.165, 1.54) is 0 Å². The average Bonchev–Trinajstić information content (AvgIpc) is 2.59.